The second-order valence-corrected chi connectivity index (χ2v) is 5.13. The third-order valence-corrected chi connectivity index (χ3v) is 3.13. The van der Waals surface area contributed by atoms with Crippen molar-refractivity contribution >= 4 is 21.9 Å². The maximum absolute atomic E-state index is 13.8. The summed E-state index contributed by atoms with van der Waals surface area (Å²) in [7, 11) is 0. The monoisotopic (exact) mass is 303 g/mol. The molecule has 3 N–H and O–H groups in total. The molecule has 3 nitrogen and oxygen atoms in total. The van der Waals surface area contributed by atoms with Gasteiger partial charge in [0.25, 0.3) is 0 Å². The fourth-order valence-corrected chi connectivity index (χ4v) is 1.99. The van der Waals surface area contributed by atoms with Crippen molar-refractivity contribution in [3.63, 3.8) is 0 Å². The van der Waals surface area contributed by atoms with E-state index in [-0.39, 0.29) is 12.3 Å². The van der Waals surface area contributed by atoms with E-state index in [1.54, 1.807) is 12.1 Å². The number of carboxylic acid groups (broad SMARTS) is 1. The van der Waals surface area contributed by atoms with Crippen LogP contribution < -0.4 is 5.73 Å². The van der Waals surface area contributed by atoms with Crippen molar-refractivity contribution in [1.82, 2.24) is 0 Å². The molecule has 1 rings (SSSR count). The van der Waals surface area contributed by atoms with Crippen LogP contribution in [0.2, 0.25) is 0 Å². The zero-order valence-electron chi connectivity index (χ0n) is 9.71. The van der Waals surface area contributed by atoms with Crippen molar-refractivity contribution < 1.29 is 14.3 Å². The van der Waals surface area contributed by atoms with Crippen LogP contribution in [0, 0.1) is 5.82 Å². The van der Waals surface area contributed by atoms with Gasteiger partial charge in [0, 0.05) is 6.42 Å². The lowest BCUT2D eigenvalue weighted by Crippen LogP contribution is -2.32. The Hall–Kier alpha value is -0.940. The normalized spacial score (nSPS) is 12.8. The molecule has 0 heterocycles. The molecule has 0 radical (unpaired) electrons. The number of hydrogen-bond donors (Lipinski definition) is 2. The largest absolute Gasteiger partial charge is 0.480 e. The second-order valence-electron chi connectivity index (χ2n) is 4.28. The van der Waals surface area contributed by atoms with Crippen molar-refractivity contribution in [2.75, 3.05) is 0 Å². The van der Waals surface area contributed by atoms with Crippen molar-refractivity contribution in [1.29, 1.82) is 0 Å². The number of nitrogens with two attached hydrogens (primary N) is 1. The number of rotatable bonds is 4. The number of aliphatic carboxylic acids is 1. The fourth-order valence-electron chi connectivity index (χ4n) is 1.48. The lowest BCUT2D eigenvalue weighted by Gasteiger charge is -2.13. The first-order chi connectivity index (χ1) is 7.82. The van der Waals surface area contributed by atoms with Gasteiger partial charge in [0.15, 0.2) is 0 Å². The van der Waals surface area contributed by atoms with Gasteiger partial charge in [-0.2, -0.15) is 0 Å². The summed E-state index contributed by atoms with van der Waals surface area (Å²) in [5.41, 5.74) is 6.69. The Bertz CT molecular complexity index is 435. The van der Waals surface area contributed by atoms with E-state index in [9.17, 15) is 9.18 Å². The Kier molecular flexibility index (Phi) is 4.65. The molecule has 1 aromatic carbocycles. The van der Waals surface area contributed by atoms with Crippen molar-refractivity contribution in [2.45, 2.75) is 32.2 Å². The zero-order valence-corrected chi connectivity index (χ0v) is 11.3. The standard InChI is InChI=1S/C12H15BrFNO2/c1-6(2)7-3-8(5-10(15)12(16)17)11(14)9(13)4-7/h3-4,6,10H,5,15H2,1-2H3,(H,16,17). The summed E-state index contributed by atoms with van der Waals surface area (Å²) in [6.45, 7) is 3.97. The van der Waals surface area contributed by atoms with Gasteiger partial charge in [-0.05, 0) is 39.0 Å². The van der Waals surface area contributed by atoms with E-state index in [0.29, 0.717) is 10.0 Å². The van der Waals surface area contributed by atoms with Crippen LogP contribution in [0.25, 0.3) is 0 Å². The molecule has 0 aliphatic rings. The number of hydrogen-bond acceptors (Lipinski definition) is 2. The fraction of sp³-hybridized carbons (Fsp3) is 0.417. The number of carbonyl (C=O) groups is 1. The van der Waals surface area contributed by atoms with E-state index in [0.717, 1.165) is 5.56 Å². The molecule has 0 amide bonds. The Labute approximate surface area is 108 Å². The first-order valence-corrected chi connectivity index (χ1v) is 6.08. The van der Waals surface area contributed by atoms with Gasteiger partial charge in [-0.3, -0.25) is 4.79 Å². The minimum absolute atomic E-state index is 0.0136. The number of halogens is 2. The molecule has 5 heteroatoms. The lowest BCUT2D eigenvalue weighted by atomic mass is 9.97. The molecular formula is C12H15BrFNO2. The van der Waals surface area contributed by atoms with Gasteiger partial charge in [0.2, 0.25) is 0 Å². The zero-order chi connectivity index (χ0) is 13.2. The van der Waals surface area contributed by atoms with Gasteiger partial charge in [-0.25, -0.2) is 4.39 Å². The Balaban J connectivity index is 3.09. The molecule has 0 saturated heterocycles. The van der Waals surface area contributed by atoms with Crippen molar-refractivity contribution in [3.8, 4) is 0 Å². The highest BCUT2D eigenvalue weighted by Gasteiger charge is 2.17. The van der Waals surface area contributed by atoms with E-state index < -0.39 is 17.8 Å². The molecule has 0 aliphatic carbocycles. The summed E-state index contributed by atoms with van der Waals surface area (Å²) >= 11 is 3.13. The van der Waals surface area contributed by atoms with E-state index >= 15 is 0 Å². The SMILES string of the molecule is CC(C)c1cc(Br)c(F)c(CC(N)C(=O)O)c1. The molecule has 94 valence electrons. The summed E-state index contributed by atoms with van der Waals surface area (Å²) in [6, 6.07) is 2.29. The minimum atomic E-state index is -1.13. The molecule has 0 spiro atoms. The van der Waals surface area contributed by atoms with E-state index in [1.807, 2.05) is 13.8 Å². The maximum atomic E-state index is 13.8. The summed E-state index contributed by atoms with van der Waals surface area (Å²) in [4.78, 5) is 10.7. The van der Waals surface area contributed by atoms with Gasteiger partial charge >= 0.3 is 5.97 Å². The molecule has 0 aliphatic heterocycles. The predicted octanol–water partition coefficient (Wildman–Crippen LogP) is 2.67. The first kappa shape index (κ1) is 14.1. The summed E-state index contributed by atoms with van der Waals surface area (Å²) in [5, 5.41) is 8.72. The van der Waals surface area contributed by atoms with Crippen LogP contribution in [0.3, 0.4) is 0 Å². The number of carboxylic acids is 1. The molecule has 0 aromatic heterocycles. The third-order valence-electron chi connectivity index (χ3n) is 2.55. The van der Waals surface area contributed by atoms with Gasteiger partial charge in [-0.15, -0.1) is 0 Å². The van der Waals surface area contributed by atoms with E-state index in [1.165, 1.54) is 0 Å². The molecule has 1 aromatic rings. The van der Waals surface area contributed by atoms with Gasteiger partial charge < -0.3 is 10.8 Å². The minimum Gasteiger partial charge on any atom is -0.480 e. The highest BCUT2D eigenvalue weighted by atomic mass is 79.9. The summed E-state index contributed by atoms with van der Waals surface area (Å²) < 4.78 is 14.1. The molecule has 1 unspecified atom stereocenters. The first-order valence-electron chi connectivity index (χ1n) is 5.29. The van der Waals surface area contributed by atoms with Crippen molar-refractivity contribution in [2.24, 2.45) is 5.73 Å². The topological polar surface area (TPSA) is 63.3 Å². The van der Waals surface area contributed by atoms with Gasteiger partial charge in [-0.1, -0.05) is 19.9 Å². The number of benzene rings is 1. The van der Waals surface area contributed by atoms with Crippen LogP contribution in [0.5, 0.6) is 0 Å². The van der Waals surface area contributed by atoms with Crippen molar-refractivity contribution in [3.05, 3.63) is 33.5 Å². The van der Waals surface area contributed by atoms with Crippen LogP contribution in [0.1, 0.15) is 30.9 Å². The maximum Gasteiger partial charge on any atom is 0.320 e. The molecule has 17 heavy (non-hydrogen) atoms. The van der Waals surface area contributed by atoms with Crippen LogP contribution in [0.15, 0.2) is 16.6 Å². The van der Waals surface area contributed by atoms with Gasteiger partial charge in [0.05, 0.1) is 4.47 Å². The molecule has 1 atom stereocenters. The smallest absolute Gasteiger partial charge is 0.320 e. The Morgan fingerprint density at radius 3 is 2.59 bits per heavy atom. The molecule has 0 saturated carbocycles. The van der Waals surface area contributed by atoms with Crippen LogP contribution >= 0.6 is 15.9 Å². The molecule has 0 bridgehead atoms. The van der Waals surface area contributed by atoms with E-state index in [2.05, 4.69) is 15.9 Å². The van der Waals surface area contributed by atoms with Crippen LogP contribution in [-0.4, -0.2) is 17.1 Å². The highest BCUT2D eigenvalue weighted by Crippen LogP contribution is 2.26. The van der Waals surface area contributed by atoms with Gasteiger partial charge in [0.1, 0.15) is 11.9 Å². The molecule has 0 fully saturated rings. The lowest BCUT2D eigenvalue weighted by molar-refractivity contribution is -0.138. The second kappa shape index (κ2) is 5.60. The third kappa shape index (κ3) is 3.51. The highest BCUT2D eigenvalue weighted by molar-refractivity contribution is 9.10. The molecular weight excluding hydrogens is 289 g/mol. The Morgan fingerprint density at radius 2 is 2.12 bits per heavy atom. The summed E-state index contributed by atoms with van der Waals surface area (Å²) in [6.07, 6.45) is -0.0136. The average molecular weight is 304 g/mol. The Morgan fingerprint density at radius 1 is 1.53 bits per heavy atom. The van der Waals surface area contributed by atoms with Crippen LogP contribution in [0.4, 0.5) is 4.39 Å². The van der Waals surface area contributed by atoms with Crippen LogP contribution in [-0.2, 0) is 11.2 Å². The quantitative estimate of drug-likeness (QED) is 0.899. The average Bonchev–Trinajstić information content (AvgIpc) is 2.23. The summed E-state index contributed by atoms with van der Waals surface area (Å²) in [5.74, 6) is -1.33. The van der Waals surface area contributed by atoms with E-state index in [4.69, 9.17) is 10.8 Å². The predicted molar refractivity (Wildman–Crippen MR) is 67.5 cm³/mol.